The largest absolute Gasteiger partial charge is 0.514 e. The Hall–Kier alpha value is -0.865. The highest BCUT2D eigenvalue weighted by molar-refractivity contribution is 6.61. The van der Waals surface area contributed by atoms with Gasteiger partial charge in [-0.2, -0.15) is 0 Å². The quantitative estimate of drug-likeness (QED) is 0.763. The topological polar surface area (TPSA) is 31.4 Å². The Bertz CT molecular complexity index is 760. The highest BCUT2D eigenvalue weighted by atomic mass is 16.7. The first-order valence-corrected chi connectivity index (χ1v) is 5.62. The van der Waals surface area contributed by atoms with E-state index in [0.717, 1.165) is 0 Å². The molecule has 18 heavy (non-hydrogen) atoms. The van der Waals surface area contributed by atoms with Gasteiger partial charge in [0.15, 0.2) is 0 Å². The summed E-state index contributed by atoms with van der Waals surface area (Å²) in [4.78, 5) is 3.83. The second-order valence-electron chi connectivity index (χ2n) is 5.20. The molecule has 1 saturated heterocycles. The lowest BCUT2D eigenvalue weighted by Gasteiger charge is -2.32. The fourth-order valence-electron chi connectivity index (χ4n) is 1.48. The van der Waals surface area contributed by atoms with Gasteiger partial charge >= 0.3 is 7.12 Å². The second-order valence-corrected chi connectivity index (χ2v) is 5.20. The first-order valence-electron chi connectivity index (χ1n) is 10.6. The molecule has 0 atom stereocenters. The molecule has 1 aliphatic rings. The molecular formula is C14H22BNO2. The van der Waals surface area contributed by atoms with Gasteiger partial charge in [0.1, 0.15) is 0 Å². The molecule has 1 aromatic rings. The SMILES string of the molecule is [2H]c1nc(B2OC(C)(C)C(C)(C)O2)c([2H])c([2H])c1C([2H])(C([2H])([2H])[2H])C([2H])([2H])[2H]. The summed E-state index contributed by atoms with van der Waals surface area (Å²) < 4.78 is 89.5. The van der Waals surface area contributed by atoms with E-state index in [-0.39, 0.29) is 5.59 Å². The number of aromatic nitrogens is 1. The lowest BCUT2D eigenvalue weighted by Crippen LogP contribution is -2.41. The molecule has 0 N–H and O–H groups in total. The summed E-state index contributed by atoms with van der Waals surface area (Å²) in [7, 11) is -1.19. The number of rotatable bonds is 2. The summed E-state index contributed by atoms with van der Waals surface area (Å²) in [6.45, 7) is 0.255. The van der Waals surface area contributed by atoms with Crippen LogP contribution in [0.2, 0.25) is 0 Å². The molecular weight excluding hydrogens is 225 g/mol. The van der Waals surface area contributed by atoms with Crippen molar-refractivity contribution in [3.63, 3.8) is 0 Å². The molecule has 2 heterocycles. The van der Waals surface area contributed by atoms with Crippen molar-refractivity contribution in [2.75, 3.05) is 0 Å². The van der Waals surface area contributed by atoms with Crippen LogP contribution >= 0.6 is 0 Å². The fraction of sp³-hybridized carbons (Fsp3) is 0.643. The predicted octanol–water partition coefficient (Wildman–Crippen LogP) is 2.50. The van der Waals surface area contributed by atoms with Gasteiger partial charge in [0.05, 0.1) is 20.9 Å². The Morgan fingerprint density at radius 2 is 1.89 bits per heavy atom. The van der Waals surface area contributed by atoms with E-state index in [9.17, 15) is 0 Å². The third kappa shape index (κ3) is 2.32. The Kier molecular flexibility index (Phi) is 1.36. The van der Waals surface area contributed by atoms with Gasteiger partial charge in [0.25, 0.3) is 0 Å². The van der Waals surface area contributed by atoms with Crippen LogP contribution in [0.4, 0.5) is 0 Å². The van der Waals surface area contributed by atoms with Crippen LogP contribution in [0.3, 0.4) is 0 Å². The van der Waals surface area contributed by atoms with Crippen molar-refractivity contribution < 1.29 is 23.0 Å². The number of pyridine rings is 1. The van der Waals surface area contributed by atoms with Crippen molar-refractivity contribution in [2.24, 2.45) is 0 Å². The van der Waals surface area contributed by atoms with E-state index >= 15 is 0 Å². The first-order chi connectivity index (χ1) is 12.3. The average Bonchev–Trinajstić information content (AvgIpc) is 2.68. The second kappa shape index (κ2) is 4.35. The summed E-state index contributed by atoms with van der Waals surface area (Å²) in [5.41, 5.74) is -2.76. The molecule has 0 aliphatic carbocycles. The van der Waals surface area contributed by atoms with Crippen LogP contribution in [0.25, 0.3) is 0 Å². The van der Waals surface area contributed by atoms with Gasteiger partial charge in [0.2, 0.25) is 0 Å². The van der Waals surface area contributed by atoms with Crippen LogP contribution < -0.4 is 5.59 Å². The normalized spacial score (nSPS) is 31.7. The maximum Gasteiger partial charge on any atom is 0.514 e. The maximum absolute atomic E-state index is 8.20. The van der Waals surface area contributed by atoms with Crippen molar-refractivity contribution in [3.8, 4) is 0 Å². The van der Waals surface area contributed by atoms with E-state index in [2.05, 4.69) is 4.98 Å². The fourth-order valence-corrected chi connectivity index (χ4v) is 1.48. The van der Waals surface area contributed by atoms with E-state index in [4.69, 9.17) is 23.0 Å². The van der Waals surface area contributed by atoms with Gasteiger partial charge in [-0.1, -0.05) is 19.7 Å². The Morgan fingerprint density at radius 1 is 1.28 bits per heavy atom. The van der Waals surface area contributed by atoms with Crippen LogP contribution in [0.5, 0.6) is 0 Å². The summed E-state index contributed by atoms with van der Waals surface area (Å²) in [5, 5.41) is 0. The zero-order valence-electron chi connectivity index (χ0n) is 20.8. The molecule has 1 fully saturated rings. The number of hydrogen-bond donors (Lipinski definition) is 0. The van der Waals surface area contributed by atoms with Gasteiger partial charge < -0.3 is 9.31 Å². The average molecular weight is 257 g/mol. The summed E-state index contributed by atoms with van der Waals surface area (Å²) in [5.74, 6) is -3.29. The predicted molar refractivity (Wildman–Crippen MR) is 74.0 cm³/mol. The molecule has 0 bridgehead atoms. The zero-order chi connectivity index (χ0) is 22.1. The van der Waals surface area contributed by atoms with Crippen molar-refractivity contribution in [3.05, 3.63) is 23.8 Å². The Balaban J connectivity index is 2.70. The van der Waals surface area contributed by atoms with Crippen molar-refractivity contribution in [2.45, 2.75) is 58.5 Å². The molecule has 3 nitrogen and oxygen atoms in total. The van der Waals surface area contributed by atoms with E-state index in [0.29, 0.717) is 0 Å². The lowest BCUT2D eigenvalue weighted by molar-refractivity contribution is 0.00578. The number of hydrogen-bond acceptors (Lipinski definition) is 3. The van der Waals surface area contributed by atoms with Crippen LogP contribution in [0.1, 0.15) is 66.6 Å². The van der Waals surface area contributed by atoms with Crippen molar-refractivity contribution in [1.29, 1.82) is 0 Å². The van der Waals surface area contributed by atoms with Crippen LogP contribution in [-0.2, 0) is 9.31 Å². The minimum Gasteiger partial charge on any atom is -0.398 e. The van der Waals surface area contributed by atoms with E-state index in [1.807, 2.05) is 0 Å². The van der Waals surface area contributed by atoms with E-state index in [1.165, 1.54) is 0 Å². The molecule has 1 aliphatic heterocycles. The first kappa shape index (κ1) is 5.64. The van der Waals surface area contributed by atoms with Gasteiger partial charge in [-0.25, -0.2) is 0 Å². The molecule has 1 aromatic heterocycles. The molecule has 0 radical (unpaired) electrons. The smallest absolute Gasteiger partial charge is 0.398 e. The lowest BCUT2D eigenvalue weighted by atomic mass is 9.83. The third-order valence-electron chi connectivity index (χ3n) is 3.33. The minimum absolute atomic E-state index is 0.240. The van der Waals surface area contributed by atoms with Gasteiger partial charge in [-0.15, -0.1) is 0 Å². The maximum atomic E-state index is 8.20. The van der Waals surface area contributed by atoms with E-state index in [1.54, 1.807) is 27.7 Å². The molecule has 0 amide bonds. The molecule has 2 rings (SSSR count). The monoisotopic (exact) mass is 257 g/mol. The van der Waals surface area contributed by atoms with Crippen molar-refractivity contribution in [1.82, 2.24) is 4.98 Å². The third-order valence-corrected chi connectivity index (χ3v) is 3.33. The zero-order valence-corrected chi connectivity index (χ0v) is 10.8. The summed E-state index contributed by atoms with van der Waals surface area (Å²) >= 11 is 0. The summed E-state index contributed by atoms with van der Waals surface area (Å²) in [6, 6.07) is -1.51. The molecule has 4 heteroatoms. The van der Waals surface area contributed by atoms with Gasteiger partial charge in [0, 0.05) is 15.8 Å². The molecule has 98 valence electrons. The van der Waals surface area contributed by atoms with Crippen LogP contribution in [-0.4, -0.2) is 23.3 Å². The van der Waals surface area contributed by atoms with Crippen molar-refractivity contribution >= 4 is 12.7 Å². The Morgan fingerprint density at radius 3 is 2.44 bits per heavy atom. The van der Waals surface area contributed by atoms with E-state index < -0.39 is 61.7 Å². The van der Waals surface area contributed by atoms with Crippen LogP contribution in [0, 0.1) is 0 Å². The minimum atomic E-state index is -3.39. The highest BCUT2D eigenvalue weighted by Crippen LogP contribution is 2.36. The molecule has 0 spiro atoms. The standard InChI is InChI=1S/C14H22BNO2/c1-10(2)11-7-8-12(16-9-11)15-17-13(3,4)14(5,6)18-15/h7-10H,1-6H3/i1D3,2D3,7D,8D,9D,10D. The van der Waals surface area contributed by atoms with Crippen LogP contribution in [0.15, 0.2) is 18.3 Å². The van der Waals surface area contributed by atoms with Gasteiger partial charge in [-0.05, 0) is 45.2 Å². The molecule has 0 aromatic carbocycles. The Labute approximate surface area is 124 Å². The van der Waals surface area contributed by atoms with Gasteiger partial charge in [-0.3, -0.25) is 4.98 Å². The highest BCUT2D eigenvalue weighted by Gasteiger charge is 2.52. The molecule has 0 unspecified atom stereocenters. The summed E-state index contributed by atoms with van der Waals surface area (Å²) in [6.07, 6.45) is -0.882. The molecule has 0 saturated carbocycles. The number of nitrogens with zero attached hydrogens (tertiary/aromatic N) is 1.